The number of Topliss-reactive ketones (excluding diaryl/α,β-unsaturated/α-hetero) is 1. The molecule has 1 atom stereocenters. The van der Waals surface area contributed by atoms with Crippen LogP contribution in [0.2, 0.25) is 0 Å². The summed E-state index contributed by atoms with van der Waals surface area (Å²) in [4.78, 5) is 25.1. The summed E-state index contributed by atoms with van der Waals surface area (Å²) in [6, 6.07) is 0. The van der Waals surface area contributed by atoms with E-state index in [0.29, 0.717) is 25.4 Å². The summed E-state index contributed by atoms with van der Waals surface area (Å²) in [6.07, 6.45) is 1.82. The van der Waals surface area contributed by atoms with E-state index in [0.717, 1.165) is 12.8 Å². The average Bonchev–Trinajstić information content (AvgIpc) is 2.34. The molecule has 1 saturated carbocycles. The van der Waals surface area contributed by atoms with Crippen LogP contribution in [-0.2, 0) is 9.53 Å². The number of piperidine rings is 1. The predicted octanol–water partition coefficient (Wildman–Crippen LogP) is 3.40. The number of carbonyl (C=O) groups is 2. The van der Waals surface area contributed by atoms with Crippen molar-refractivity contribution in [3.63, 3.8) is 0 Å². The zero-order valence-corrected chi connectivity index (χ0v) is 13.6. The number of ether oxygens (including phenoxy) is 1. The fraction of sp³-hybridized carbons (Fsp3) is 0.857. The van der Waals surface area contributed by atoms with Crippen LogP contribution in [0.1, 0.15) is 40.0 Å². The maximum atomic E-state index is 12.0. The fourth-order valence-corrected chi connectivity index (χ4v) is 3.48. The van der Waals surface area contributed by atoms with E-state index in [-0.39, 0.29) is 17.8 Å². The van der Waals surface area contributed by atoms with E-state index in [1.807, 2.05) is 20.8 Å². The van der Waals surface area contributed by atoms with Crippen molar-refractivity contribution in [2.45, 2.75) is 50.0 Å². The molecule has 6 heteroatoms. The summed E-state index contributed by atoms with van der Waals surface area (Å²) < 4.78 is 4.14. The Morgan fingerprint density at radius 2 is 1.85 bits per heavy atom. The van der Waals surface area contributed by atoms with Crippen molar-refractivity contribution in [2.24, 2.45) is 11.8 Å². The zero-order valence-electron chi connectivity index (χ0n) is 12.1. The van der Waals surface area contributed by atoms with Crippen LogP contribution in [-0.4, -0.2) is 39.8 Å². The van der Waals surface area contributed by atoms with Crippen molar-refractivity contribution < 1.29 is 14.3 Å². The minimum Gasteiger partial charge on any atom is -0.444 e. The van der Waals surface area contributed by atoms with Crippen LogP contribution in [0.15, 0.2) is 0 Å². The Kier molecular flexibility index (Phi) is 4.27. The Morgan fingerprint density at radius 1 is 1.30 bits per heavy atom. The van der Waals surface area contributed by atoms with Crippen molar-refractivity contribution in [3.8, 4) is 0 Å². The van der Waals surface area contributed by atoms with E-state index in [9.17, 15) is 9.59 Å². The number of hydrogen-bond donors (Lipinski definition) is 0. The lowest BCUT2D eigenvalue weighted by Gasteiger charge is -2.45. The van der Waals surface area contributed by atoms with Crippen molar-refractivity contribution >= 4 is 35.1 Å². The van der Waals surface area contributed by atoms with Crippen LogP contribution < -0.4 is 0 Å². The molecule has 1 aliphatic carbocycles. The van der Waals surface area contributed by atoms with Crippen LogP contribution in [0.3, 0.4) is 0 Å². The van der Waals surface area contributed by atoms with Gasteiger partial charge in [0, 0.05) is 25.4 Å². The zero-order chi connectivity index (χ0) is 15.1. The van der Waals surface area contributed by atoms with Crippen molar-refractivity contribution in [1.29, 1.82) is 0 Å². The average molecular weight is 322 g/mol. The minimum absolute atomic E-state index is 0.0270. The van der Waals surface area contributed by atoms with Gasteiger partial charge in [-0.3, -0.25) is 4.79 Å². The standard InChI is InChI=1S/C14H21Cl2NO3/c1-13(2,3)20-12(19)17-6-4-9(5-7-17)10-8-11(18)14(10,15)16/h9-10H,4-8H2,1-3H3. The smallest absolute Gasteiger partial charge is 0.410 e. The number of carbonyl (C=O) groups excluding carboxylic acids is 2. The van der Waals surface area contributed by atoms with Gasteiger partial charge in [0.25, 0.3) is 0 Å². The molecule has 1 saturated heterocycles. The molecule has 2 aliphatic rings. The monoisotopic (exact) mass is 321 g/mol. The van der Waals surface area contributed by atoms with Crippen LogP contribution >= 0.6 is 23.2 Å². The van der Waals surface area contributed by atoms with Gasteiger partial charge in [-0.1, -0.05) is 23.2 Å². The van der Waals surface area contributed by atoms with Gasteiger partial charge in [0.15, 0.2) is 10.1 Å². The number of hydrogen-bond acceptors (Lipinski definition) is 3. The van der Waals surface area contributed by atoms with Crippen LogP contribution in [0.4, 0.5) is 4.79 Å². The van der Waals surface area contributed by atoms with Gasteiger partial charge in [-0.05, 0) is 39.5 Å². The molecule has 0 radical (unpaired) electrons. The summed E-state index contributed by atoms with van der Waals surface area (Å²) in [5.74, 6) is 0.251. The van der Waals surface area contributed by atoms with E-state index in [2.05, 4.69) is 0 Å². The molecule has 0 aromatic rings. The first-order chi connectivity index (χ1) is 9.11. The van der Waals surface area contributed by atoms with Crippen LogP contribution in [0.25, 0.3) is 0 Å². The van der Waals surface area contributed by atoms with Crippen LogP contribution in [0.5, 0.6) is 0 Å². The second-order valence-electron chi connectivity index (χ2n) is 6.66. The SMILES string of the molecule is CC(C)(C)OC(=O)N1CCC(C2CC(=O)C2(Cl)Cl)CC1. The predicted molar refractivity (Wildman–Crippen MR) is 78.1 cm³/mol. The Balaban J connectivity index is 1.84. The Hall–Kier alpha value is -0.480. The van der Waals surface area contributed by atoms with Gasteiger partial charge in [-0.2, -0.15) is 0 Å². The molecule has 0 spiro atoms. The number of halogens is 2. The minimum atomic E-state index is -1.21. The van der Waals surface area contributed by atoms with Gasteiger partial charge in [-0.15, -0.1) is 0 Å². The molecule has 20 heavy (non-hydrogen) atoms. The van der Waals surface area contributed by atoms with E-state index in [1.165, 1.54) is 0 Å². The third kappa shape index (κ3) is 3.22. The maximum absolute atomic E-state index is 12.0. The van der Waals surface area contributed by atoms with E-state index in [1.54, 1.807) is 4.90 Å². The molecule has 1 unspecified atom stereocenters. The molecule has 0 aromatic heterocycles. The molecule has 1 amide bonds. The molecule has 0 bridgehead atoms. The highest BCUT2D eigenvalue weighted by molar-refractivity contribution is 6.60. The lowest BCUT2D eigenvalue weighted by atomic mass is 9.70. The highest BCUT2D eigenvalue weighted by Crippen LogP contribution is 2.50. The summed E-state index contributed by atoms with van der Waals surface area (Å²) >= 11 is 12.1. The molecule has 2 rings (SSSR count). The summed E-state index contributed by atoms with van der Waals surface area (Å²) in [5, 5.41) is 0. The quantitative estimate of drug-likeness (QED) is 0.695. The highest BCUT2D eigenvalue weighted by atomic mass is 35.5. The molecule has 114 valence electrons. The van der Waals surface area contributed by atoms with E-state index < -0.39 is 9.93 Å². The molecule has 1 aliphatic heterocycles. The lowest BCUT2D eigenvalue weighted by molar-refractivity contribution is -0.130. The summed E-state index contributed by atoms with van der Waals surface area (Å²) in [7, 11) is 0. The van der Waals surface area contributed by atoms with Gasteiger partial charge in [0.05, 0.1) is 0 Å². The third-order valence-corrected chi connectivity index (χ3v) is 4.99. The molecule has 1 heterocycles. The third-order valence-electron chi connectivity index (χ3n) is 4.00. The molecule has 0 N–H and O–H groups in total. The number of nitrogens with zero attached hydrogens (tertiary/aromatic N) is 1. The maximum Gasteiger partial charge on any atom is 0.410 e. The van der Waals surface area contributed by atoms with Crippen molar-refractivity contribution in [2.75, 3.05) is 13.1 Å². The number of alkyl halides is 2. The first kappa shape index (κ1) is 15.9. The number of likely N-dealkylation sites (tertiary alicyclic amines) is 1. The Bertz CT molecular complexity index is 409. The van der Waals surface area contributed by atoms with Crippen LogP contribution in [0, 0.1) is 11.8 Å². The summed E-state index contributed by atoms with van der Waals surface area (Å²) in [5.41, 5.74) is -0.476. The van der Waals surface area contributed by atoms with Gasteiger partial charge < -0.3 is 9.64 Å². The highest BCUT2D eigenvalue weighted by Gasteiger charge is 2.55. The van der Waals surface area contributed by atoms with Crippen molar-refractivity contribution in [3.05, 3.63) is 0 Å². The first-order valence-corrected chi connectivity index (χ1v) is 7.76. The van der Waals surface area contributed by atoms with Gasteiger partial charge in [-0.25, -0.2) is 4.79 Å². The summed E-state index contributed by atoms with van der Waals surface area (Å²) in [6.45, 7) is 6.83. The normalized spacial score (nSPS) is 27.1. The molecular formula is C14H21Cl2NO3. The second kappa shape index (κ2) is 5.38. The molecule has 4 nitrogen and oxygen atoms in total. The van der Waals surface area contributed by atoms with E-state index >= 15 is 0 Å². The Morgan fingerprint density at radius 3 is 2.25 bits per heavy atom. The van der Waals surface area contributed by atoms with Crippen molar-refractivity contribution in [1.82, 2.24) is 4.90 Å². The molecule has 0 aromatic carbocycles. The number of rotatable bonds is 1. The van der Waals surface area contributed by atoms with Gasteiger partial charge in [0.1, 0.15) is 5.60 Å². The fourth-order valence-electron chi connectivity index (χ4n) is 2.81. The topological polar surface area (TPSA) is 46.6 Å². The molecule has 2 fully saturated rings. The largest absolute Gasteiger partial charge is 0.444 e. The Labute approximate surface area is 129 Å². The lowest BCUT2D eigenvalue weighted by Crippen LogP contribution is -2.53. The van der Waals surface area contributed by atoms with Gasteiger partial charge >= 0.3 is 6.09 Å². The molecular weight excluding hydrogens is 301 g/mol. The van der Waals surface area contributed by atoms with E-state index in [4.69, 9.17) is 27.9 Å². The number of amides is 1. The second-order valence-corrected chi connectivity index (χ2v) is 8.05. The number of ketones is 1. The first-order valence-electron chi connectivity index (χ1n) is 7.00. The van der Waals surface area contributed by atoms with Gasteiger partial charge in [0.2, 0.25) is 0 Å².